The van der Waals surface area contributed by atoms with Gasteiger partial charge in [0.15, 0.2) is 0 Å². The van der Waals surface area contributed by atoms with Crippen molar-refractivity contribution in [2.75, 3.05) is 11.9 Å². The van der Waals surface area contributed by atoms with Gasteiger partial charge >= 0.3 is 7.12 Å². The number of rotatable bonds is 8. The summed E-state index contributed by atoms with van der Waals surface area (Å²) in [5.74, 6) is 0. The first kappa shape index (κ1) is 16.8. The van der Waals surface area contributed by atoms with Crippen molar-refractivity contribution in [3.63, 3.8) is 0 Å². The Balaban J connectivity index is 2.83. The van der Waals surface area contributed by atoms with Crippen LogP contribution in [0.4, 0.5) is 5.69 Å². The predicted octanol–water partition coefficient (Wildman–Crippen LogP) is 3.57. The highest BCUT2D eigenvalue weighted by Crippen LogP contribution is 2.16. The molecule has 0 atom stereocenters. The molecule has 0 bridgehead atoms. The zero-order chi connectivity index (χ0) is 15.2. The van der Waals surface area contributed by atoms with Crippen LogP contribution in [0.5, 0.6) is 0 Å². The van der Waals surface area contributed by atoms with Gasteiger partial charge in [-0.2, -0.15) is 0 Å². The van der Waals surface area contributed by atoms with Crippen molar-refractivity contribution in [1.29, 1.82) is 0 Å². The highest BCUT2D eigenvalue weighted by molar-refractivity contribution is 6.61. The van der Waals surface area contributed by atoms with Crippen LogP contribution in [-0.2, 0) is 9.31 Å². The molecule has 0 aliphatic heterocycles. The Kier molecular flexibility index (Phi) is 6.31. The van der Waals surface area contributed by atoms with E-state index in [1.54, 1.807) is 0 Å². The molecule has 0 aliphatic carbocycles. The van der Waals surface area contributed by atoms with E-state index in [-0.39, 0.29) is 12.7 Å². The molecule has 0 heterocycles. The average molecular weight is 275 g/mol. The van der Waals surface area contributed by atoms with Gasteiger partial charge in [-0.1, -0.05) is 25.6 Å². The van der Waals surface area contributed by atoms with Gasteiger partial charge in [0.05, 0.1) is 0 Å². The first-order chi connectivity index (χ1) is 9.38. The zero-order valence-electron chi connectivity index (χ0n) is 13.3. The fourth-order valence-electron chi connectivity index (χ4n) is 1.69. The Hall–Kier alpha value is -1.26. The lowest BCUT2D eigenvalue weighted by molar-refractivity contribution is 0.0706. The Bertz CT molecular complexity index is 429. The molecule has 0 saturated heterocycles. The zero-order valence-corrected chi connectivity index (χ0v) is 13.3. The molecule has 0 spiro atoms. The second-order valence-corrected chi connectivity index (χ2v) is 5.55. The minimum Gasteiger partial charge on any atom is -0.408 e. The van der Waals surface area contributed by atoms with E-state index >= 15 is 0 Å². The molecular weight excluding hydrogens is 249 g/mol. The van der Waals surface area contributed by atoms with Crippen molar-refractivity contribution in [2.45, 2.75) is 46.6 Å². The van der Waals surface area contributed by atoms with Crippen molar-refractivity contribution in [3.05, 3.63) is 36.5 Å². The fourth-order valence-corrected chi connectivity index (χ4v) is 1.69. The van der Waals surface area contributed by atoms with E-state index in [0.717, 1.165) is 23.3 Å². The van der Waals surface area contributed by atoms with Crippen LogP contribution in [0.1, 0.15) is 41.0 Å². The van der Waals surface area contributed by atoms with Crippen LogP contribution in [-0.4, -0.2) is 19.3 Å². The number of benzene rings is 1. The number of nitrogens with one attached hydrogen (secondary N) is 1. The number of allylic oxidation sites excluding steroid dienone is 1. The average Bonchev–Trinajstić information content (AvgIpc) is 2.38. The van der Waals surface area contributed by atoms with Gasteiger partial charge in [-0.3, -0.25) is 0 Å². The Labute approximate surface area is 123 Å². The molecular formula is C16H26BNO2. The van der Waals surface area contributed by atoms with Crippen molar-refractivity contribution >= 4 is 18.3 Å². The van der Waals surface area contributed by atoms with Crippen molar-refractivity contribution in [2.24, 2.45) is 0 Å². The molecule has 0 fully saturated rings. The SMILES string of the molecule is C=C(C)Nc1ccc(B(OCC)OC(C)(C)CC)cc1. The van der Waals surface area contributed by atoms with Crippen molar-refractivity contribution in [3.8, 4) is 0 Å². The lowest BCUT2D eigenvalue weighted by Gasteiger charge is -2.28. The van der Waals surface area contributed by atoms with Crippen molar-refractivity contribution in [1.82, 2.24) is 0 Å². The predicted molar refractivity (Wildman–Crippen MR) is 87.3 cm³/mol. The largest absolute Gasteiger partial charge is 0.494 e. The summed E-state index contributed by atoms with van der Waals surface area (Å²) in [5.41, 5.74) is 2.77. The normalized spacial score (nSPS) is 11.2. The van der Waals surface area contributed by atoms with Gasteiger partial charge in [-0.05, 0) is 51.7 Å². The van der Waals surface area contributed by atoms with E-state index in [2.05, 4.69) is 32.7 Å². The third kappa shape index (κ3) is 5.39. The molecule has 0 radical (unpaired) electrons. The fraction of sp³-hybridized carbons (Fsp3) is 0.500. The summed E-state index contributed by atoms with van der Waals surface area (Å²) in [6, 6.07) is 8.07. The molecule has 110 valence electrons. The Morgan fingerprint density at radius 3 is 2.30 bits per heavy atom. The number of anilines is 1. The molecule has 4 heteroatoms. The molecule has 0 unspecified atom stereocenters. The van der Waals surface area contributed by atoms with Crippen LogP contribution in [0.2, 0.25) is 0 Å². The Morgan fingerprint density at radius 1 is 1.25 bits per heavy atom. The number of hydrogen-bond donors (Lipinski definition) is 1. The van der Waals surface area contributed by atoms with E-state index in [9.17, 15) is 0 Å². The summed E-state index contributed by atoms with van der Waals surface area (Å²) >= 11 is 0. The van der Waals surface area contributed by atoms with Gasteiger partial charge in [0.25, 0.3) is 0 Å². The highest BCUT2D eigenvalue weighted by Gasteiger charge is 2.28. The Morgan fingerprint density at radius 2 is 1.85 bits per heavy atom. The van der Waals surface area contributed by atoms with E-state index < -0.39 is 0 Å². The van der Waals surface area contributed by atoms with Gasteiger partial charge in [-0.25, -0.2) is 0 Å². The highest BCUT2D eigenvalue weighted by atomic mass is 16.6. The molecule has 1 aromatic carbocycles. The van der Waals surface area contributed by atoms with E-state index in [1.807, 2.05) is 38.1 Å². The lowest BCUT2D eigenvalue weighted by Crippen LogP contribution is -2.43. The maximum atomic E-state index is 6.07. The van der Waals surface area contributed by atoms with E-state index in [1.165, 1.54) is 0 Å². The molecule has 1 N–H and O–H groups in total. The quantitative estimate of drug-likeness (QED) is 0.736. The summed E-state index contributed by atoms with van der Waals surface area (Å²) in [4.78, 5) is 0. The van der Waals surface area contributed by atoms with Crippen LogP contribution in [0.3, 0.4) is 0 Å². The third-order valence-electron chi connectivity index (χ3n) is 3.14. The van der Waals surface area contributed by atoms with Crippen LogP contribution in [0, 0.1) is 0 Å². The summed E-state index contributed by atoms with van der Waals surface area (Å²) in [6.45, 7) is 14.6. The van der Waals surface area contributed by atoms with Gasteiger partial charge in [0.1, 0.15) is 0 Å². The maximum Gasteiger partial charge on any atom is 0.494 e. The summed E-state index contributed by atoms with van der Waals surface area (Å²) in [5, 5.41) is 3.19. The molecule has 3 nitrogen and oxygen atoms in total. The van der Waals surface area contributed by atoms with Gasteiger partial charge in [0.2, 0.25) is 0 Å². The minimum atomic E-state index is -0.325. The molecule has 0 aliphatic rings. The lowest BCUT2D eigenvalue weighted by atomic mass is 9.77. The molecule has 1 rings (SSSR count). The first-order valence-electron chi connectivity index (χ1n) is 7.20. The monoisotopic (exact) mass is 275 g/mol. The second kappa shape index (κ2) is 7.51. The van der Waals surface area contributed by atoms with Crippen molar-refractivity contribution < 1.29 is 9.31 Å². The summed E-state index contributed by atoms with van der Waals surface area (Å²) in [7, 11) is -0.325. The van der Waals surface area contributed by atoms with E-state index in [4.69, 9.17) is 9.31 Å². The van der Waals surface area contributed by atoms with Gasteiger partial charge < -0.3 is 14.6 Å². The van der Waals surface area contributed by atoms with Crippen LogP contribution < -0.4 is 10.8 Å². The third-order valence-corrected chi connectivity index (χ3v) is 3.14. The first-order valence-corrected chi connectivity index (χ1v) is 7.20. The maximum absolute atomic E-state index is 6.07. The smallest absolute Gasteiger partial charge is 0.408 e. The standard InChI is InChI=1S/C16H26BNO2/c1-7-16(5,6)20-17(19-8-2)14-9-11-15(12-10-14)18-13(3)4/h9-12,18H,3,7-8H2,1-2,4-6H3. The van der Waals surface area contributed by atoms with E-state index in [0.29, 0.717) is 6.61 Å². The van der Waals surface area contributed by atoms with Crippen LogP contribution in [0.15, 0.2) is 36.5 Å². The van der Waals surface area contributed by atoms with Crippen LogP contribution in [0.25, 0.3) is 0 Å². The van der Waals surface area contributed by atoms with Crippen LogP contribution >= 0.6 is 0 Å². The summed E-state index contributed by atoms with van der Waals surface area (Å²) in [6.07, 6.45) is 0.936. The molecule has 0 aromatic heterocycles. The minimum absolute atomic E-state index is 0.200. The van der Waals surface area contributed by atoms with Gasteiger partial charge in [0, 0.05) is 23.6 Å². The second-order valence-electron chi connectivity index (χ2n) is 5.55. The molecule has 20 heavy (non-hydrogen) atoms. The molecule has 0 amide bonds. The number of hydrogen-bond acceptors (Lipinski definition) is 3. The molecule has 0 saturated carbocycles. The topological polar surface area (TPSA) is 30.5 Å². The summed E-state index contributed by atoms with van der Waals surface area (Å²) < 4.78 is 11.8. The molecule has 1 aromatic rings. The van der Waals surface area contributed by atoms with Gasteiger partial charge in [-0.15, -0.1) is 0 Å².